The number of likely N-dealkylation sites (tertiary alicyclic amines) is 1. The number of hydrogen-bond donors (Lipinski definition) is 1. The van der Waals surface area contributed by atoms with Crippen molar-refractivity contribution < 1.29 is 0 Å². The average molecular weight is 258 g/mol. The SMILES string of the molecule is CC(NC1CC1c1ccccc1)C1CCN(C)CC1. The van der Waals surface area contributed by atoms with Crippen molar-refractivity contribution in [2.45, 2.75) is 44.2 Å². The second kappa shape index (κ2) is 5.64. The van der Waals surface area contributed by atoms with E-state index >= 15 is 0 Å². The Balaban J connectivity index is 1.48. The van der Waals surface area contributed by atoms with Gasteiger partial charge in [-0.05, 0) is 57.8 Å². The van der Waals surface area contributed by atoms with Crippen LogP contribution in [0, 0.1) is 5.92 Å². The summed E-state index contributed by atoms with van der Waals surface area (Å²) in [6.07, 6.45) is 4.03. The van der Waals surface area contributed by atoms with E-state index in [1.54, 1.807) is 0 Å². The first-order valence-corrected chi connectivity index (χ1v) is 7.73. The molecular weight excluding hydrogens is 232 g/mol. The van der Waals surface area contributed by atoms with Gasteiger partial charge in [0.2, 0.25) is 0 Å². The van der Waals surface area contributed by atoms with Crippen LogP contribution in [0.25, 0.3) is 0 Å². The number of piperidine rings is 1. The molecule has 2 heteroatoms. The van der Waals surface area contributed by atoms with Crippen molar-refractivity contribution in [2.75, 3.05) is 20.1 Å². The summed E-state index contributed by atoms with van der Waals surface area (Å²) in [7, 11) is 2.24. The first-order valence-electron chi connectivity index (χ1n) is 7.73. The predicted molar refractivity (Wildman–Crippen MR) is 80.4 cm³/mol. The van der Waals surface area contributed by atoms with Crippen LogP contribution < -0.4 is 5.32 Å². The van der Waals surface area contributed by atoms with E-state index in [1.807, 2.05) is 0 Å². The molecule has 0 radical (unpaired) electrons. The average Bonchev–Trinajstić information content (AvgIpc) is 3.20. The molecule has 0 aromatic heterocycles. The Morgan fingerprint density at radius 2 is 1.84 bits per heavy atom. The smallest absolute Gasteiger partial charge is 0.0145 e. The monoisotopic (exact) mass is 258 g/mol. The van der Waals surface area contributed by atoms with Gasteiger partial charge in [-0.25, -0.2) is 0 Å². The van der Waals surface area contributed by atoms with Gasteiger partial charge in [0.1, 0.15) is 0 Å². The Morgan fingerprint density at radius 1 is 1.16 bits per heavy atom. The van der Waals surface area contributed by atoms with Crippen LogP contribution in [0.5, 0.6) is 0 Å². The molecule has 0 bridgehead atoms. The second-order valence-corrected chi connectivity index (χ2v) is 6.46. The van der Waals surface area contributed by atoms with E-state index in [2.05, 4.69) is 54.5 Å². The molecular formula is C17H26N2. The quantitative estimate of drug-likeness (QED) is 0.893. The highest BCUT2D eigenvalue weighted by atomic mass is 15.1. The minimum Gasteiger partial charge on any atom is -0.311 e. The Hall–Kier alpha value is -0.860. The highest BCUT2D eigenvalue weighted by Gasteiger charge is 2.39. The largest absolute Gasteiger partial charge is 0.311 e. The Morgan fingerprint density at radius 3 is 2.53 bits per heavy atom. The molecule has 1 aromatic rings. The molecule has 3 unspecified atom stereocenters. The van der Waals surface area contributed by atoms with E-state index in [1.165, 1.54) is 37.9 Å². The zero-order valence-corrected chi connectivity index (χ0v) is 12.2. The van der Waals surface area contributed by atoms with Gasteiger partial charge in [-0.2, -0.15) is 0 Å². The molecule has 2 aliphatic rings. The molecule has 2 fully saturated rings. The van der Waals surface area contributed by atoms with Crippen LogP contribution in [0.2, 0.25) is 0 Å². The molecule has 1 aliphatic heterocycles. The van der Waals surface area contributed by atoms with Crippen LogP contribution in [0.4, 0.5) is 0 Å². The highest BCUT2D eigenvalue weighted by molar-refractivity contribution is 5.27. The summed E-state index contributed by atoms with van der Waals surface area (Å²) in [4.78, 5) is 2.45. The number of rotatable bonds is 4. The van der Waals surface area contributed by atoms with Crippen LogP contribution in [0.1, 0.15) is 37.7 Å². The zero-order valence-electron chi connectivity index (χ0n) is 12.2. The van der Waals surface area contributed by atoms with Gasteiger partial charge < -0.3 is 10.2 Å². The molecule has 1 aromatic carbocycles. The maximum absolute atomic E-state index is 3.87. The zero-order chi connectivity index (χ0) is 13.2. The fourth-order valence-electron chi connectivity index (χ4n) is 3.45. The van der Waals surface area contributed by atoms with E-state index in [-0.39, 0.29) is 0 Å². The summed E-state index contributed by atoms with van der Waals surface area (Å²) >= 11 is 0. The summed E-state index contributed by atoms with van der Waals surface area (Å²) in [5.41, 5.74) is 1.51. The van der Waals surface area contributed by atoms with Crippen molar-refractivity contribution in [1.82, 2.24) is 10.2 Å². The molecule has 1 saturated heterocycles. The van der Waals surface area contributed by atoms with Crippen molar-refractivity contribution in [3.05, 3.63) is 35.9 Å². The molecule has 1 aliphatic carbocycles. The summed E-state index contributed by atoms with van der Waals surface area (Å²) in [6.45, 7) is 4.92. The minimum atomic E-state index is 0.674. The molecule has 0 amide bonds. The molecule has 1 saturated carbocycles. The second-order valence-electron chi connectivity index (χ2n) is 6.46. The Kier molecular flexibility index (Phi) is 3.90. The van der Waals surface area contributed by atoms with Crippen LogP contribution in [-0.4, -0.2) is 37.1 Å². The van der Waals surface area contributed by atoms with E-state index in [0.29, 0.717) is 6.04 Å². The molecule has 3 rings (SSSR count). The summed E-state index contributed by atoms with van der Waals surface area (Å²) in [5.74, 6) is 1.63. The molecule has 1 heterocycles. The van der Waals surface area contributed by atoms with Crippen molar-refractivity contribution >= 4 is 0 Å². The molecule has 19 heavy (non-hydrogen) atoms. The third-order valence-corrected chi connectivity index (χ3v) is 4.97. The normalized spacial score (nSPS) is 30.2. The number of hydrogen-bond acceptors (Lipinski definition) is 2. The Labute approximate surface area is 117 Å². The van der Waals surface area contributed by atoms with Gasteiger partial charge in [0.25, 0.3) is 0 Å². The van der Waals surface area contributed by atoms with E-state index in [0.717, 1.165) is 17.9 Å². The number of nitrogens with zero attached hydrogens (tertiary/aromatic N) is 1. The molecule has 104 valence electrons. The molecule has 0 spiro atoms. The molecule has 2 nitrogen and oxygen atoms in total. The highest BCUT2D eigenvalue weighted by Crippen LogP contribution is 2.41. The van der Waals surface area contributed by atoms with E-state index in [4.69, 9.17) is 0 Å². The topological polar surface area (TPSA) is 15.3 Å². The summed E-state index contributed by atoms with van der Waals surface area (Å²) in [5, 5.41) is 3.87. The van der Waals surface area contributed by atoms with Gasteiger partial charge in [-0.15, -0.1) is 0 Å². The lowest BCUT2D eigenvalue weighted by molar-refractivity contribution is 0.189. The lowest BCUT2D eigenvalue weighted by Gasteiger charge is -2.33. The van der Waals surface area contributed by atoms with Crippen molar-refractivity contribution in [2.24, 2.45) is 5.92 Å². The minimum absolute atomic E-state index is 0.674. The van der Waals surface area contributed by atoms with Gasteiger partial charge in [-0.3, -0.25) is 0 Å². The summed E-state index contributed by atoms with van der Waals surface area (Å²) in [6, 6.07) is 12.4. The van der Waals surface area contributed by atoms with Gasteiger partial charge in [0.05, 0.1) is 0 Å². The lowest BCUT2D eigenvalue weighted by Crippen LogP contribution is -2.41. The van der Waals surface area contributed by atoms with Gasteiger partial charge >= 0.3 is 0 Å². The molecule has 3 atom stereocenters. The predicted octanol–water partition coefficient (Wildman–Crippen LogP) is 2.86. The van der Waals surface area contributed by atoms with Crippen molar-refractivity contribution in [1.29, 1.82) is 0 Å². The van der Waals surface area contributed by atoms with Gasteiger partial charge in [0.15, 0.2) is 0 Å². The van der Waals surface area contributed by atoms with Crippen LogP contribution in [0.15, 0.2) is 30.3 Å². The van der Waals surface area contributed by atoms with Crippen LogP contribution in [-0.2, 0) is 0 Å². The third kappa shape index (κ3) is 3.18. The lowest BCUT2D eigenvalue weighted by atomic mass is 9.90. The molecule has 1 N–H and O–H groups in total. The maximum atomic E-state index is 3.87. The fraction of sp³-hybridized carbons (Fsp3) is 0.647. The maximum Gasteiger partial charge on any atom is 0.0145 e. The van der Waals surface area contributed by atoms with Crippen molar-refractivity contribution in [3.63, 3.8) is 0 Å². The Bertz CT molecular complexity index is 395. The van der Waals surface area contributed by atoms with Crippen LogP contribution in [0.3, 0.4) is 0 Å². The fourth-order valence-corrected chi connectivity index (χ4v) is 3.45. The number of benzene rings is 1. The first-order chi connectivity index (χ1) is 9.24. The van der Waals surface area contributed by atoms with E-state index < -0.39 is 0 Å². The van der Waals surface area contributed by atoms with Crippen molar-refractivity contribution in [3.8, 4) is 0 Å². The van der Waals surface area contributed by atoms with Crippen LogP contribution >= 0.6 is 0 Å². The summed E-state index contributed by atoms with van der Waals surface area (Å²) < 4.78 is 0. The van der Waals surface area contributed by atoms with Gasteiger partial charge in [-0.1, -0.05) is 30.3 Å². The first kappa shape index (κ1) is 13.1. The standard InChI is InChI=1S/C17H26N2/c1-13(14-8-10-19(2)11-9-14)18-17-12-16(17)15-6-4-3-5-7-15/h3-7,13-14,16-18H,8-12H2,1-2H3. The third-order valence-electron chi connectivity index (χ3n) is 4.97. The van der Waals surface area contributed by atoms with E-state index in [9.17, 15) is 0 Å². The number of nitrogens with one attached hydrogen (secondary N) is 1. The van der Waals surface area contributed by atoms with Gasteiger partial charge in [0, 0.05) is 18.0 Å².